The van der Waals surface area contributed by atoms with Gasteiger partial charge < -0.3 is 14.8 Å². The number of rotatable bonds is 4. The smallest absolute Gasteiger partial charge is 0.407 e. The number of carbonyl (C=O) groups excluding carboxylic acids is 1. The van der Waals surface area contributed by atoms with Crippen LogP contribution in [-0.4, -0.2) is 32.0 Å². The molecule has 0 aromatic rings. The molecule has 0 spiro atoms. The average Bonchev–Trinajstić information content (AvgIpc) is 1.97. The van der Waals surface area contributed by atoms with Gasteiger partial charge in [0.1, 0.15) is 6.10 Å². The van der Waals surface area contributed by atoms with Crippen LogP contribution in [0.3, 0.4) is 0 Å². The number of hydrogen-bond donors (Lipinski definition) is 1. The molecular weight excluding hydrogens is 170 g/mol. The maximum absolute atomic E-state index is 11.1. The summed E-state index contributed by atoms with van der Waals surface area (Å²) in [6, 6.07) is 0.0116. The molecule has 76 valence electrons. The van der Waals surface area contributed by atoms with Gasteiger partial charge in [0, 0.05) is 7.11 Å². The zero-order valence-electron chi connectivity index (χ0n) is 8.21. The molecule has 0 heterocycles. The summed E-state index contributed by atoms with van der Waals surface area (Å²) in [5.41, 5.74) is 0. The Balaban J connectivity index is 2.08. The highest BCUT2D eigenvalue weighted by Crippen LogP contribution is 2.21. The van der Waals surface area contributed by atoms with Gasteiger partial charge in [-0.05, 0) is 26.2 Å². The van der Waals surface area contributed by atoms with Gasteiger partial charge in [0.25, 0.3) is 0 Å². The van der Waals surface area contributed by atoms with Gasteiger partial charge in [-0.15, -0.1) is 0 Å². The molecule has 0 aliphatic heterocycles. The van der Waals surface area contributed by atoms with Gasteiger partial charge in [-0.2, -0.15) is 0 Å². The first-order valence-corrected chi connectivity index (χ1v) is 4.68. The molecule has 0 bridgehead atoms. The van der Waals surface area contributed by atoms with Crippen molar-refractivity contribution in [2.24, 2.45) is 0 Å². The van der Waals surface area contributed by atoms with Crippen LogP contribution in [0, 0.1) is 0 Å². The standard InChI is InChI=1S/C9H17NO3/c1-7(6-12-2)10-9(11)13-8-4-3-5-8/h7-8H,3-6H2,1-2H3,(H,10,11). The number of hydrogen-bond acceptors (Lipinski definition) is 3. The van der Waals surface area contributed by atoms with Crippen LogP contribution in [0.15, 0.2) is 0 Å². The fourth-order valence-electron chi connectivity index (χ4n) is 1.17. The summed E-state index contributed by atoms with van der Waals surface area (Å²) in [7, 11) is 1.61. The molecule has 4 heteroatoms. The number of alkyl carbamates (subject to hydrolysis) is 1. The van der Waals surface area contributed by atoms with Crippen LogP contribution >= 0.6 is 0 Å². The maximum atomic E-state index is 11.1. The largest absolute Gasteiger partial charge is 0.446 e. The van der Waals surface area contributed by atoms with Crippen LogP contribution in [0.4, 0.5) is 4.79 Å². The summed E-state index contributed by atoms with van der Waals surface area (Å²) in [6.45, 7) is 2.39. The van der Waals surface area contributed by atoms with Gasteiger partial charge >= 0.3 is 6.09 Å². The molecule has 1 amide bonds. The quantitative estimate of drug-likeness (QED) is 0.721. The lowest BCUT2D eigenvalue weighted by Gasteiger charge is -2.25. The molecule has 1 fully saturated rings. The molecule has 1 rings (SSSR count). The van der Waals surface area contributed by atoms with Gasteiger partial charge in [-0.3, -0.25) is 0 Å². The summed E-state index contributed by atoms with van der Waals surface area (Å²) < 4.78 is 9.98. The van der Waals surface area contributed by atoms with Crippen molar-refractivity contribution in [2.75, 3.05) is 13.7 Å². The molecule has 1 saturated carbocycles. The molecule has 0 saturated heterocycles. The first-order valence-electron chi connectivity index (χ1n) is 4.68. The second kappa shape index (κ2) is 5.07. The zero-order chi connectivity index (χ0) is 9.68. The van der Waals surface area contributed by atoms with E-state index in [0.717, 1.165) is 12.8 Å². The SMILES string of the molecule is COCC(C)NC(=O)OC1CCC1. The second-order valence-electron chi connectivity index (χ2n) is 3.46. The Morgan fingerprint density at radius 1 is 1.62 bits per heavy atom. The Bertz CT molecular complexity index is 168. The molecule has 0 aromatic heterocycles. The van der Waals surface area contributed by atoms with Crippen molar-refractivity contribution in [1.82, 2.24) is 5.32 Å². The second-order valence-corrected chi connectivity index (χ2v) is 3.46. The zero-order valence-corrected chi connectivity index (χ0v) is 8.21. The normalized spacial score (nSPS) is 18.9. The highest BCUT2D eigenvalue weighted by molar-refractivity contribution is 5.67. The molecule has 4 nitrogen and oxygen atoms in total. The topological polar surface area (TPSA) is 47.6 Å². The van der Waals surface area contributed by atoms with E-state index in [9.17, 15) is 4.79 Å². The van der Waals surface area contributed by atoms with Gasteiger partial charge in [-0.1, -0.05) is 0 Å². The third-order valence-electron chi connectivity index (χ3n) is 2.11. The number of ether oxygens (including phenoxy) is 2. The highest BCUT2D eigenvalue weighted by Gasteiger charge is 2.22. The number of amides is 1. The summed E-state index contributed by atoms with van der Waals surface area (Å²) in [6.07, 6.45) is 3.01. The van der Waals surface area contributed by atoms with Crippen molar-refractivity contribution in [2.45, 2.75) is 38.3 Å². The van der Waals surface area contributed by atoms with Gasteiger partial charge in [0.05, 0.1) is 12.6 Å². The molecule has 13 heavy (non-hydrogen) atoms. The lowest BCUT2D eigenvalue weighted by molar-refractivity contribution is 0.0479. The van der Waals surface area contributed by atoms with Crippen LogP contribution in [0.5, 0.6) is 0 Å². The summed E-state index contributed by atoms with van der Waals surface area (Å²) in [4.78, 5) is 11.1. The minimum absolute atomic E-state index is 0.0116. The molecule has 1 aliphatic rings. The van der Waals surface area contributed by atoms with Crippen LogP contribution in [-0.2, 0) is 9.47 Å². The van der Waals surface area contributed by atoms with E-state index in [1.807, 2.05) is 6.92 Å². The third-order valence-corrected chi connectivity index (χ3v) is 2.11. The van der Waals surface area contributed by atoms with Crippen LogP contribution in [0.1, 0.15) is 26.2 Å². The molecule has 1 unspecified atom stereocenters. The summed E-state index contributed by atoms with van der Waals surface area (Å²) in [5.74, 6) is 0. The van der Waals surface area contributed by atoms with E-state index in [2.05, 4.69) is 5.32 Å². The fourth-order valence-corrected chi connectivity index (χ4v) is 1.17. The Hall–Kier alpha value is -0.770. The summed E-state index contributed by atoms with van der Waals surface area (Å²) >= 11 is 0. The third kappa shape index (κ3) is 3.63. The molecule has 1 N–H and O–H groups in total. The van der Waals surface area contributed by atoms with Crippen LogP contribution in [0.2, 0.25) is 0 Å². The molecule has 0 aromatic carbocycles. The lowest BCUT2D eigenvalue weighted by atomic mass is 9.96. The van der Waals surface area contributed by atoms with Gasteiger partial charge in [0.2, 0.25) is 0 Å². The fraction of sp³-hybridized carbons (Fsp3) is 0.889. The van der Waals surface area contributed by atoms with E-state index in [4.69, 9.17) is 9.47 Å². The summed E-state index contributed by atoms with van der Waals surface area (Å²) in [5, 5.41) is 2.69. The lowest BCUT2D eigenvalue weighted by Crippen LogP contribution is -2.39. The molecule has 1 atom stereocenters. The van der Waals surface area contributed by atoms with Crippen molar-refractivity contribution in [1.29, 1.82) is 0 Å². The monoisotopic (exact) mass is 187 g/mol. The molecular formula is C9H17NO3. The average molecular weight is 187 g/mol. The first-order chi connectivity index (χ1) is 6.22. The van der Waals surface area contributed by atoms with Gasteiger partial charge in [0.15, 0.2) is 0 Å². The number of nitrogens with one attached hydrogen (secondary N) is 1. The van der Waals surface area contributed by atoms with Crippen molar-refractivity contribution in [3.8, 4) is 0 Å². The Morgan fingerprint density at radius 3 is 2.77 bits per heavy atom. The van der Waals surface area contributed by atoms with E-state index in [1.54, 1.807) is 7.11 Å². The maximum Gasteiger partial charge on any atom is 0.407 e. The molecule has 0 radical (unpaired) electrons. The number of carbonyl (C=O) groups is 1. The van der Waals surface area contributed by atoms with Gasteiger partial charge in [-0.25, -0.2) is 4.79 Å². The molecule has 1 aliphatic carbocycles. The van der Waals surface area contributed by atoms with E-state index >= 15 is 0 Å². The Morgan fingerprint density at radius 2 is 2.31 bits per heavy atom. The predicted octanol–water partition coefficient (Wildman–Crippen LogP) is 1.30. The Kier molecular flexibility index (Phi) is 4.02. The van der Waals surface area contributed by atoms with E-state index < -0.39 is 0 Å². The number of methoxy groups -OCH3 is 1. The minimum Gasteiger partial charge on any atom is -0.446 e. The Labute approximate surface area is 78.6 Å². The van der Waals surface area contributed by atoms with Crippen molar-refractivity contribution < 1.29 is 14.3 Å². The van der Waals surface area contributed by atoms with Crippen molar-refractivity contribution in [3.63, 3.8) is 0 Å². The van der Waals surface area contributed by atoms with E-state index in [-0.39, 0.29) is 18.2 Å². The van der Waals surface area contributed by atoms with Crippen LogP contribution in [0.25, 0.3) is 0 Å². The minimum atomic E-state index is -0.325. The van der Waals surface area contributed by atoms with Crippen molar-refractivity contribution in [3.05, 3.63) is 0 Å². The first kappa shape index (κ1) is 10.3. The van der Waals surface area contributed by atoms with E-state index in [1.165, 1.54) is 6.42 Å². The van der Waals surface area contributed by atoms with E-state index in [0.29, 0.717) is 6.61 Å². The van der Waals surface area contributed by atoms with Crippen LogP contribution < -0.4 is 5.32 Å². The van der Waals surface area contributed by atoms with Crippen molar-refractivity contribution >= 4 is 6.09 Å². The highest BCUT2D eigenvalue weighted by atomic mass is 16.6. The predicted molar refractivity (Wildman–Crippen MR) is 48.6 cm³/mol.